The second kappa shape index (κ2) is 7.13. The lowest BCUT2D eigenvalue weighted by Gasteiger charge is -2.09. The number of benzene rings is 2. The maximum absolute atomic E-state index is 12.6. The number of hydrogen-bond donors (Lipinski definition) is 0. The molecule has 0 aliphatic heterocycles. The summed E-state index contributed by atoms with van der Waals surface area (Å²) in [4.78, 5) is 17.7. The van der Waals surface area contributed by atoms with Crippen molar-refractivity contribution < 1.29 is 4.74 Å². The van der Waals surface area contributed by atoms with E-state index in [9.17, 15) is 4.79 Å². The van der Waals surface area contributed by atoms with Crippen LogP contribution in [-0.2, 0) is 0 Å². The number of halogens is 1. The predicted molar refractivity (Wildman–Crippen MR) is 109 cm³/mol. The molecule has 7 heteroatoms. The van der Waals surface area contributed by atoms with E-state index in [4.69, 9.17) is 16.3 Å². The second-order valence-electron chi connectivity index (χ2n) is 6.29. The van der Waals surface area contributed by atoms with Crippen molar-refractivity contribution in [1.82, 2.24) is 14.6 Å². The van der Waals surface area contributed by atoms with Gasteiger partial charge in [-0.05, 0) is 61.9 Å². The average molecular weight is 398 g/mol. The Labute approximate surface area is 164 Å². The minimum Gasteiger partial charge on any atom is -0.491 e. The Morgan fingerprint density at radius 3 is 2.44 bits per heavy atom. The molecule has 4 rings (SSSR count). The van der Waals surface area contributed by atoms with Crippen molar-refractivity contribution in [2.45, 2.75) is 20.0 Å². The van der Waals surface area contributed by atoms with Crippen molar-refractivity contribution in [3.8, 4) is 17.1 Å². The van der Waals surface area contributed by atoms with Crippen LogP contribution in [0.25, 0.3) is 22.4 Å². The topological polar surface area (TPSA) is 56.5 Å². The van der Waals surface area contributed by atoms with Crippen LogP contribution in [0, 0.1) is 0 Å². The van der Waals surface area contributed by atoms with Crippen LogP contribution in [-0.4, -0.2) is 20.7 Å². The fraction of sp³-hybridized carbons (Fsp3) is 0.150. The Balaban J connectivity index is 1.68. The van der Waals surface area contributed by atoms with Gasteiger partial charge in [0, 0.05) is 10.6 Å². The van der Waals surface area contributed by atoms with Gasteiger partial charge in [0.1, 0.15) is 5.75 Å². The van der Waals surface area contributed by atoms with Crippen LogP contribution in [0.5, 0.6) is 5.75 Å². The average Bonchev–Trinajstić information content (AvgIpc) is 3.17. The Kier molecular flexibility index (Phi) is 4.68. The van der Waals surface area contributed by atoms with Gasteiger partial charge >= 0.3 is 0 Å². The molecular weight excluding hydrogens is 382 g/mol. The maximum Gasteiger partial charge on any atom is 0.291 e. The molecule has 0 fully saturated rings. The quantitative estimate of drug-likeness (QED) is 0.525. The fourth-order valence-electron chi connectivity index (χ4n) is 2.62. The molecule has 0 atom stereocenters. The first-order valence-corrected chi connectivity index (χ1v) is 9.63. The van der Waals surface area contributed by atoms with Crippen LogP contribution >= 0.6 is 22.9 Å². The summed E-state index contributed by atoms with van der Waals surface area (Å²) >= 11 is 7.21. The molecule has 2 aromatic heterocycles. The Morgan fingerprint density at radius 2 is 1.81 bits per heavy atom. The standard InChI is InChI=1S/C20H16ClN3O2S/c1-12(2)26-16-9-5-14(6-10-16)18-22-20-24(23-18)19(25)17(27-20)11-13-3-7-15(21)8-4-13/h3-12H,1-2H3/b17-11+. The van der Waals surface area contributed by atoms with Crippen molar-refractivity contribution in [2.75, 3.05) is 0 Å². The van der Waals surface area contributed by atoms with Gasteiger partial charge in [0.05, 0.1) is 10.6 Å². The summed E-state index contributed by atoms with van der Waals surface area (Å²) in [6.07, 6.45) is 1.93. The molecule has 136 valence electrons. The molecule has 0 aliphatic carbocycles. The summed E-state index contributed by atoms with van der Waals surface area (Å²) in [5, 5.41) is 5.03. The third kappa shape index (κ3) is 3.72. The number of rotatable bonds is 4. The first kappa shape index (κ1) is 17.7. The van der Waals surface area contributed by atoms with Gasteiger partial charge in [0.25, 0.3) is 5.56 Å². The Hall–Kier alpha value is -2.70. The zero-order valence-corrected chi connectivity index (χ0v) is 16.3. The minimum atomic E-state index is -0.177. The fourth-order valence-corrected chi connectivity index (χ4v) is 3.65. The second-order valence-corrected chi connectivity index (χ2v) is 7.73. The number of thiazole rings is 1. The van der Waals surface area contributed by atoms with E-state index in [1.54, 1.807) is 12.1 Å². The van der Waals surface area contributed by atoms with Crippen LogP contribution in [0.15, 0.2) is 53.3 Å². The molecule has 2 aromatic carbocycles. The monoisotopic (exact) mass is 397 g/mol. The normalized spacial score (nSPS) is 12.2. The molecule has 0 amide bonds. The van der Waals surface area contributed by atoms with Crippen LogP contribution in [0.1, 0.15) is 19.4 Å². The minimum absolute atomic E-state index is 0.116. The third-order valence-corrected chi connectivity index (χ3v) is 5.05. The van der Waals surface area contributed by atoms with Crippen molar-refractivity contribution in [3.05, 3.63) is 74.0 Å². The summed E-state index contributed by atoms with van der Waals surface area (Å²) in [6.45, 7) is 3.96. The van der Waals surface area contributed by atoms with Crippen LogP contribution < -0.4 is 14.8 Å². The first-order valence-electron chi connectivity index (χ1n) is 8.43. The number of hydrogen-bond acceptors (Lipinski definition) is 5. The zero-order chi connectivity index (χ0) is 19.0. The van der Waals surface area contributed by atoms with Crippen molar-refractivity contribution >= 4 is 34.0 Å². The highest BCUT2D eigenvalue weighted by Crippen LogP contribution is 2.21. The molecule has 2 heterocycles. The lowest BCUT2D eigenvalue weighted by molar-refractivity contribution is 0.242. The third-order valence-electron chi connectivity index (χ3n) is 3.83. The summed E-state index contributed by atoms with van der Waals surface area (Å²) < 4.78 is 7.57. The van der Waals surface area contributed by atoms with E-state index in [2.05, 4.69) is 10.1 Å². The molecule has 4 aromatic rings. The van der Waals surface area contributed by atoms with Crippen LogP contribution in [0.2, 0.25) is 5.02 Å². The van der Waals surface area contributed by atoms with E-state index in [1.807, 2.05) is 56.3 Å². The highest BCUT2D eigenvalue weighted by Gasteiger charge is 2.12. The van der Waals surface area contributed by atoms with E-state index in [-0.39, 0.29) is 11.7 Å². The molecule has 27 heavy (non-hydrogen) atoms. The first-order chi connectivity index (χ1) is 13.0. The summed E-state index contributed by atoms with van der Waals surface area (Å²) in [5.41, 5.74) is 1.56. The highest BCUT2D eigenvalue weighted by molar-refractivity contribution is 7.15. The number of nitrogens with zero attached hydrogens (tertiary/aromatic N) is 3. The molecule has 0 radical (unpaired) electrons. The van der Waals surface area contributed by atoms with E-state index in [1.165, 1.54) is 15.9 Å². The smallest absolute Gasteiger partial charge is 0.291 e. The molecule has 0 saturated heterocycles. The van der Waals surface area contributed by atoms with Gasteiger partial charge in [0.2, 0.25) is 4.96 Å². The van der Waals surface area contributed by atoms with Gasteiger partial charge in [0.15, 0.2) is 5.82 Å². The molecule has 0 spiro atoms. The Bertz CT molecular complexity index is 1200. The van der Waals surface area contributed by atoms with Crippen LogP contribution in [0.4, 0.5) is 0 Å². The maximum atomic E-state index is 12.6. The SMILES string of the molecule is CC(C)Oc1ccc(-c2nc3s/c(=C/c4ccc(Cl)cc4)c(=O)n3n2)cc1. The van der Waals surface area contributed by atoms with E-state index < -0.39 is 0 Å². The van der Waals surface area contributed by atoms with Gasteiger partial charge in [-0.1, -0.05) is 35.1 Å². The lowest BCUT2D eigenvalue weighted by Crippen LogP contribution is -2.23. The van der Waals surface area contributed by atoms with Gasteiger partial charge in [-0.3, -0.25) is 4.79 Å². The molecule has 0 N–H and O–H groups in total. The molecule has 0 saturated carbocycles. The van der Waals surface area contributed by atoms with E-state index in [0.717, 1.165) is 16.9 Å². The van der Waals surface area contributed by atoms with Gasteiger partial charge in [-0.25, -0.2) is 0 Å². The number of ether oxygens (including phenoxy) is 1. The van der Waals surface area contributed by atoms with Crippen molar-refractivity contribution in [1.29, 1.82) is 0 Å². The molecular formula is C20H16ClN3O2S. The number of aromatic nitrogens is 3. The molecule has 0 bridgehead atoms. The number of fused-ring (bicyclic) bond motifs is 1. The predicted octanol–water partition coefficient (Wildman–Crippen LogP) is 3.81. The molecule has 0 aliphatic rings. The zero-order valence-electron chi connectivity index (χ0n) is 14.7. The van der Waals surface area contributed by atoms with Gasteiger partial charge in [-0.2, -0.15) is 9.50 Å². The van der Waals surface area contributed by atoms with Gasteiger partial charge in [-0.15, -0.1) is 5.10 Å². The Morgan fingerprint density at radius 1 is 1.11 bits per heavy atom. The lowest BCUT2D eigenvalue weighted by atomic mass is 10.2. The molecule has 0 unspecified atom stereocenters. The molecule has 5 nitrogen and oxygen atoms in total. The van der Waals surface area contributed by atoms with Gasteiger partial charge < -0.3 is 4.74 Å². The summed E-state index contributed by atoms with van der Waals surface area (Å²) in [6, 6.07) is 14.8. The van der Waals surface area contributed by atoms with Crippen molar-refractivity contribution in [2.24, 2.45) is 0 Å². The largest absolute Gasteiger partial charge is 0.491 e. The van der Waals surface area contributed by atoms with Crippen molar-refractivity contribution in [3.63, 3.8) is 0 Å². The van der Waals surface area contributed by atoms with E-state index >= 15 is 0 Å². The summed E-state index contributed by atoms with van der Waals surface area (Å²) in [5.74, 6) is 1.31. The highest BCUT2D eigenvalue weighted by atomic mass is 35.5. The summed E-state index contributed by atoms with van der Waals surface area (Å²) in [7, 11) is 0. The van der Waals surface area contributed by atoms with E-state index in [0.29, 0.717) is 20.3 Å². The van der Waals surface area contributed by atoms with Crippen LogP contribution in [0.3, 0.4) is 0 Å².